The molecule has 3 heteroatoms. The van der Waals surface area contributed by atoms with E-state index in [2.05, 4.69) is 60.2 Å². The standard InChI is InChI=1S/C18H21BrFN/c1-4-8-21-18(14-10-12(2)9-13(3)11-14)15-6-5-7-16(20)17(15)19/h5-7,9-11,18,21H,4,8H2,1-3H3. The highest BCUT2D eigenvalue weighted by Gasteiger charge is 2.18. The topological polar surface area (TPSA) is 12.0 Å². The lowest BCUT2D eigenvalue weighted by atomic mass is 9.95. The Morgan fingerprint density at radius 3 is 2.43 bits per heavy atom. The number of aryl methyl sites for hydroxylation is 2. The number of halogens is 2. The Balaban J connectivity index is 2.49. The van der Waals surface area contributed by atoms with Gasteiger partial charge < -0.3 is 5.32 Å². The van der Waals surface area contributed by atoms with E-state index in [4.69, 9.17) is 0 Å². The normalized spacial score (nSPS) is 12.4. The summed E-state index contributed by atoms with van der Waals surface area (Å²) >= 11 is 3.39. The van der Waals surface area contributed by atoms with E-state index in [9.17, 15) is 4.39 Å². The lowest BCUT2D eigenvalue weighted by molar-refractivity contribution is 0.579. The summed E-state index contributed by atoms with van der Waals surface area (Å²) in [6.45, 7) is 7.20. The van der Waals surface area contributed by atoms with Gasteiger partial charge in [0.25, 0.3) is 0 Å². The summed E-state index contributed by atoms with van der Waals surface area (Å²) in [5.41, 5.74) is 4.56. The van der Waals surface area contributed by atoms with E-state index >= 15 is 0 Å². The van der Waals surface area contributed by atoms with Crippen LogP contribution >= 0.6 is 15.9 Å². The van der Waals surface area contributed by atoms with Gasteiger partial charge in [0.2, 0.25) is 0 Å². The molecule has 0 radical (unpaired) electrons. The summed E-state index contributed by atoms with van der Waals surface area (Å²) in [7, 11) is 0. The van der Waals surface area contributed by atoms with Gasteiger partial charge in [-0.25, -0.2) is 4.39 Å². The second-order valence-corrected chi connectivity index (χ2v) is 6.24. The largest absolute Gasteiger partial charge is 0.306 e. The Kier molecular flexibility index (Phi) is 5.54. The maximum absolute atomic E-state index is 13.9. The second-order valence-electron chi connectivity index (χ2n) is 5.45. The molecule has 0 bridgehead atoms. The predicted molar refractivity (Wildman–Crippen MR) is 90.2 cm³/mol. The molecule has 2 aromatic rings. The first-order chi connectivity index (χ1) is 10.0. The number of hydrogen-bond donors (Lipinski definition) is 1. The Morgan fingerprint density at radius 1 is 1.14 bits per heavy atom. The van der Waals surface area contributed by atoms with Crippen molar-refractivity contribution in [3.05, 3.63) is 68.9 Å². The first-order valence-electron chi connectivity index (χ1n) is 7.28. The average Bonchev–Trinajstić information content (AvgIpc) is 2.42. The van der Waals surface area contributed by atoms with Crippen LogP contribution in [0.4, 0.5) is 4.39 Å². The molecule has 0 spiro atoms. The van der Waals surface area contributed by atoms with E-state index in [-0.39, 0.29) is 11.9 Å². The predicted octanol–water partition coefficient (Wildman–Crippen LogP) is 5.29. The molecule has 0 saturated heterocycles. The Labute approximate surface area is 134 Å². The highest BCUT2D eigenvalue weighted by Crippen LogP contribution is 2.31. The third kappa shape index (κ3) is 3.92. The van der Waals surface area contributed by atoms with E-state index in [1.54, 1.807) is 6.07 Å². The number of hydrogen-bond acceptors (Lipinski definition) is 1. The summed E-state index contributed by atoms with van der Waals surface area (Å²) in [5.74, 6) is -0.222. The maximum Gasteiger partial charge on any atom is 0.137 e. The van der Waals surface area contributed by atoms with Gasteiger partial charge in [-0.15, -0.1) is 0 Å². The molecule has 1 unspecified atom stereocenters. The first kappa shape index (κ1) is 16.2. The zero-order valence-electron chi connectivity index (χ0n) is 12.7. The summed E-state index contributed by atoms with van der Waals surface area (Å²) in [6, 6.07) is 11.7. The fourth-order valence-corrected chi connectivity index (χ4v) is 3.11. The molecule has 0 aliphatic carbocycles. The van der Waals surface area contributed by atoms with Gasteiger partial charge in [-0.05, 0) is 59.9 Å². The van der Waals surface area contributed by atoms with Gasteiger partial charge in [0, 0.05) is 0 Å². The average molecular weight is 350 g/mol. The van der Waals surface area contributed by atoms with Crippen molar-refractivity contribution in [3.63, 3.8) is 0 Å². The molecule has 0 saturated carbocycles. The fourth-order valence-electron chi connectivity index (χ4n) is 2.62. The van der Waals surface area contributed by atoms with Crippen LogP contribution in [-0.2, 0) is 0 Å². The summed E-state index contributed by atoms with van der Waals surface area (Å²) in [6.07, 6.45) is 1.04. The van der Waals surface area contributed by atoms with E-state index in [1.165, 1.54) is 22.8 Å². The van der Waals surface area contributed by atoms with Crippen LogP contribution in [0, 0.1) is 19.7 Å². The molecule has 2 aromatic carbocycles. The van der Waals surface area contributed by atoms with E-state index in [0.29, 0.717) is 4.47 Å². The third-order valence-electron chi connectivity index (χ3n) is 3.47. The highest BCUT2D eigenvalue weighted by atomic mass is 79.9. The summed E-state index contributed by atoms with van der Waals surface area (Å²) in [4.78, 5) is 0. The minimum absolute atomic E-state index is 0.00590. The van der Waals surface area contributed by atoms with Gasteiger partial charge in [-0.3, -0.25) is 0 Å². The SMILES string of the molecule is CCCNC(c1cc(C)cc(C)c1)c1cccc(F)c1Br. The molecule has 1 nitrogen and oxygen atoms in total. The fraction of sp³-hybridized carbons (Fsp3) is 0.333. The molecule has 21 heavy (non-hydrogen) atoms. The molecular formula is C18H21BrFN. The Morgan fingerprint density at radius 2 is 1.81 bits per heavy atom. The zero-order valence-corrected chi connectivity index (χ0v) is 14.3. The highest BCUT2D eigenvalue weighted by molar-refractivity contribution is 9.10. The van der Waals surface area contributed by atoms with Crippen LogP contribution in [0.5, 0.6) is 0 Å². The molecule has 0 aliphatic heterocycles. The van der Waals surface area contributed by atoms with Crippen molar-refractivity contribution in [3.8, 4) is 0 Å². The molecule has 0 amide bonds. The smallest absolute Gasteiger partial charge is 0.137 e. The maximum atomic E-state index is 13.9. The minimum atomic E-state index is -0.222. The van der Waals surface area contributed by atoms with Crippen LogP contribution in [0.3, 0.4) is 0 Å². The number of nitrogens with one attached hydrogen (secondary N) is 1. The molecule has 0 aliphatic rings. The van der Waals surface area contributed by atoms with Crippen molar-refractivity contribution >= 4 is 15.9 Å². The molecule has 0 aromatic heterocycles. The summed E-state index contributed by atoms with van der Waals surface area (Å²) < 4.78 is 14.4. The van der Waals surface area contributed by atoms with Crippen LogP contribution in [0.2, 0.25) is 0 Å². The van der Waals surface area contributed by atoms with Crippen LogP contribution in [0.1, 0.15) is 41.6 Å². The van der Waals surface area contributed by atoms with Gasteiger partial charge in [0.05, 0.1) is 10.5 Å². The number of rotatable bonds is 5. The van der Waals surface area contributed by atoms with E-state index in [0.717, 1.165) is 18.5 Å². The van der Waals surface area contributed by atoms with Gasteiger partial charge in [0.15, 0.2) is 0 Å². The van der Waals surface area contributed by atoms with Gasteiger partial charge in [0.1, 0.15) is 5.82 Å². The van der Waals surface area contributed by atoms with Crippen molar-refractivity contribution < 1.29 is 4.39 Å². The van der Waals surface area contributed by atoms with Crippen molar-refractivity contribution in [2.75, 3.05) is 6.54 Å². The van der Waals surface area contributed by atoms with Crippen LogP contribution in [0.25, 0.3) is 0 Å². The van der Waals surface area contributed by atoms with Crippen LogP contribution in [-0.4, -0.2) is 6.54 Å². The van der Waals surface area contributed by atoms with Gasteiger partial charge in [-0.1, -0.05) is 48.4 Å². The van der Waals surface area contributed by atoms with Crippen LogP contribution < -0.4 is 5.32 Å². The van der Waals surface area contributed by atoms with Crippen LogP contribution in [0.15, 0.2) is 40.9 Å². The first-order valence-corrected chi connectivity index (χ1v) is 8.07. The molecular weight excluding hydrogens is 329 g/mol. The molecule has 0 heterocycles. The Hall–Kier alpha value is -1.19. The second kappa shape index (κ2) is 7.19. The lowest BCUT2D eigenvalue weighted by Crippen LogP contribution is -2.24. The van der Waals surface area contributed by atoms with Gasteiger partial charge in [-0.2, -0.15) is 0 Å². The van der Waals surface area contributed by atoms with Crippen molar-refractivity contribution in [2.45, 2.75) is 33.2 Å². The minimum Gasteiger partial charge on any atom is -0.306 e. The zero-order chi connectivity index (χ0) is 15.4. The molecule has 112 valence electrons. The molecule has 2 rings (SSSR count). The molecule has 0 fully saturated rings. The summed E-state index contributed by atoms with van der Waals surface area (Å²) in [5, 5.41) is 3.53. The monoisotopic (exact) mass is 349 g/mol. The van der Waals surface area contributed by atoms with E-state index < -0.39 is 0 Å². The van der Waals surface area contributed by atoms with Crippen molar-refractivity contribution in [1.82, 2.24) is 5.32 Å². The quantitative estimate of drug-likeness (QED) is 0.772. The Bertz CT molecular complexity index is 604. The van der Waals surface area contributed by atoms with Crippen molar-refractivity contribution in [1.29, 1.82) is 0 Å². The lowest BCUT2D eigenvalue weighted by Gasteiger charge is -2.22. The molecule has 1 N–H and O–H groups in total. The van der Waals surface area contributed by atoms with E-state index in [1.807, 2.05) is 6.07 Å². The number of benzene rings is 2. The van der Waals surface area contributed by atoms with Crippen molar-refractivity contribution in [2.24, 2.45) is 0 Å². The molecule has 1 atom stereocenters. The third-order valence-corrected chi connectivity index (χ3v) is 4.30. The van der Waals surface area contributed by atoms with Gasteiger partial charge >= 0.3 is 0 Å².